The molecule has 1 aliphatic heterocycles. The van der Waals surface area contributed by atoms with Gasteiger partial charge in [-0.25, -0.2) is 0 Å². The highest BCUT2D eigenvalue weighted by Gasteiger charge is 2.45. The van der Waals surface area contributed by atoms with Crippen LogP contribution >= 0.6 is 0 Å². The molecular formula is C30H56O9. The lowest BCUT2D eigenvalue weighted by Crippen LogP contribution is -2.60. The van der Waals surface area contributed by atoms with Gasteiger partial charge in [-0.1, -0.05) is 103 Å². The minimum Gasteiger partial charge on any atom is -0.481 e. The maximum absolute atomic E-state index is 11.2. The zero-order valence-electron chi connectivity index (χ0n) is 24.4. The molecule has 1 rings (SSSR count). The van der Waals surface area contributed by atoms with Crippen LogP contribution in [0.1, 0.15) is 136 Å². The Balaban J connectivity index is 2.46. The SMILES string of the molecule is CCCCCCCCCCCCCCC(CCCCCCC(=O)O)OC1OC(COC(C)=O)C(O)C(O)C1O. The molecule has 39 heavy (non-hydrogen) atoms. The fraction of sp³-hybridized carbons (Fsp3) is 0.933. The van der Waals surface area contributed by atoms with Crippen molar-refractivity contribution in [1.29, 1.82) is 0 Å². The summed E-state index contributed by atoms with van der Waals surface area (Å²) in [5.41, 5.74) is 0. The number of carboxylic acids is 1. The highest BCUT2D eigenvalue weighted by Crippen LogP contribution is 2.26. The summed E-state index contributed by atoms with van der Waals surface area (Å²) in [5.74, 6) is -1.31. The Morgan fingerprint density at radius 3 is 1.69 bits per heavy atom. The molecule has 1 heterocycles. The predicted octanol–water partition coefficient (Wildman–Crippen LogP) is 5.26. The van der Waals surface area contributed by atoms with Crippen molar-refractivity contribution in [3.05, 3.63) is 0 Å². The van der Waals surface area contributed by atoms with Crippen LogP contribution in [0, 0.1) is 0 Å². The fourth-order valence-electron chi connectivity index (χ4n) is 5.05. The number of unbranched alkanes of at least 4 members (excludes halogenated alkanes) is 14. The maximum Gasteiger partial charge on any atom is 0.303 e. The Hall–Kier alpha value is -1.26. The third-order valence-corrected chi connectivity index (χ3v) is 7.49. The zero-order valence-corrected chi connectivity index (χ0v) is 24.4. The average molecular weight is 561 g/mol. The van der Waals surface area contributed by atoms with Gasteiger partial charge in [0.05, 0.1) is 6.10 Å². The van der Waals surface area contributed by atoms with Gasteiger partial charge < -0.3 is 34.6 Å². The van der Waals surface area contributed by atoms with Gasteiger partial charge in [0.1, 0.15) is 31.0 Å². The van der Waals surface area contributed by atoms with Crippen LogP contribution in [-0.4, -0.2) is 75.8 Å². The lowest BCUT2D eigenvalue weighted by Gasteiger charge is -2.41. The van der Waals surface area contributed by atoms with Crippen molar-refractivity contribution in [2.45, 2.75) is 173 Å². The predicted molar refractivity (Wildman–Crippen MR) is 149 cm³/mol. The van der Waals surface area contributed by atoms with Crippen molar-refractivity contribution < 1.29 is 44.2 Å². The van der Waals surface area contributed by atoms with Crippen molar-refractivity contribution >= 4 is 11.9 Å². The number of carbonyl (C=O) groups is 2. The zero-order chi connectivity index (χ0) is 28.9. The molecule has 0 amide bonds. The summed E-state index contributed by atoms with van der Waals surface area (Å²) in [6.07, 6.45) is 13.3. The van der Waals surface area contributed by atoms with Crippen molar-refractivity contribution in [1.82, 2.24) is 0 Å². The first-order chi connectivity index (χ1) is 18.8. The Morgan fingerprint density at radius 2 is 1.21 bits per heavy atom. The monoisotopic (exact) mass is 560 g/mol. The highest BCUT2D eigenvalue weighted by atomic mass is 16.7. The smallest absolute Gasteiger partial charge is 0.303 e. The van der Waals surface area contributed by atoms with Gasteiger partial charge in [0.25, 0.3) is 0 Å². The van der Waals surface area contributed by atoms with Gasteiger partial charge in [-0.15, -0.1) is 0 Å². The molecule has 1 aliphatic rings. The standard InChI is InChI=1S/C30H56O9/c1-3-4-5-6-7-8-9-10-11-12-13-16-19-24(20-17-14-15-18-21-26(32)33)38-30-29(36)28(35)27(34)25(39-30)22-37-23(2)31/h24-25,27-30,34-36H,3-22H2,1-2H3,(H,32,33). The number of aliphatic carboxylic acids is 1. The van der Waals surface area contributed by atoms with Crippen LogP contribution in [0.5, 0.6) is 0 Å². The first-order valence-corrected chi connectivity index (χ1v) is 15.5. The lowest BCUT2D eigenvalue weighted by atomic mass is 9.98. The molecular weight excluding hydrogens is 504 g/mol. The number of carbonyl (C=O) groups excluding carboxylic acids is 1. The fourth-order valence-corrected chi connectivity index (χ4v) is 5.05. The van der Waals surface area contributed by atoms with Gasteiger partial charge in [0, 0.05) is 13.3 Å². The molecule has 6 atom stereocenters. The topological polar surface area (TPSA) is 143 Å². The Labute approximate surface area is 235 Å². The molecule has 0 radical (unpaired) electrons. The minimum absolute atomic E-state index is 0.171. The number of carboxylic acid groups (broad SMARTS) is 1. The lowest BCUT2D eigenvalue weighted by molar-refractivity contribution is -0.312. The first-order valence-electron chi connectivity index (χ1n) is 15.5. The van der Waals surface area contributed by atoms with Gasteiger partial charge in [0.15, 0.2) is 6.29 Å². The first kappa shape index (κ1) is 35.8. The van der Waals surface area contributed by atoms with Gasteiger partial charge in [-0.2, -0.15) is 0 Å². The van der Waals surface area contributed by atoms with E-state index >= 15 is 0 Å². The van der Waals surface area contributed by atoms with E-state index in [2.05, 4.69) is 6.92 Å². The number of hydrogen-bond acceptors (Lipinski definition) is 8. The molecule has 0 aromatic rings. The summed E-state index contributed by atoms with van der Waals surface area (Å²) in [4.78, 5) is 21.9. The van der Waals surface area contributed by atoms with Gasteiger partial charge in [0.2, 0.25) is 0 Å². The number of hydrogen-bond donors (Lipinski definition) is 4. The van der Waals surface area contributed by atoms with Gasteiger partial charge >= 0.3 is 11.9 Å². The van der Waals surface area contributed by atoms with E-state index in [4.69, 9.17) is 19.3 Å². The van der Waals surface area contributed by atoms with Crippen LogP contribution in [0.25, 0.3) is 0 Å². The van der Waals surface area contributed by atoms with Crippen molar-refractivity contribution in [3.63, 3.8) is 0 Å². The number of ether oxygens (including phenoxy) is 3. The van der Waals surface area contributed by atoms with Crippen LogP contribution in [0.2, 0.25) is 0 Å². The molecule has 0 bridgehead atoms. The number of rotatable bonds is 24. The van der Waals surface area contributed by atoms with E-state index in [0.717, 1.165) is 44.9 Å². The molecule has 1 saturated heterocycles. The van der Waals surface area contributed by atoms with E-state index < -0.39 is 42.6 Å². The van der Waals surface area contributed by atoms with Crippen molar-refractivity contribution in [2.75, 3.05) is 6.61 Å². The van der Waals surface area contributed by atoms with Gasteiger partial charge in [-0.05, 0) is 19.3 Å². The Kier molecular flexibility index (Phi) is 20.6. The van der Waals surface area contributed by atoms with Crippen LogP contribution in [0.15, 0.2) is 0 Å². The molecule has 0 aliphatic carbocycles. The molecule has 1 fully saturated rings. The molecule has 6 unspecified atom stereocenters. The third-order valence-electron chi connectivity index (χ3n) is 7.49. The van der Waals surface area contributed by atoms with E-state index in [0.29, 0.717) is 6.42 Å². The highest BCUT2D eigenvalue weighted by molar-refractivity contribution is 5.66. The molecule has 0 aromatic heterocycles. The molecule has 0 spiro atoms. The Bertz CT molecular complexity index is 630. The second-order valence-electron chi connectivity index (χ2n) is 11.1. The summed E-state index contributed by atoms with van der Waals surface area (Å²) < 4.78 is 16.8. The number of aliphatic hydroxyl groups is 3. The normalized spacial score (nSPS) is 24.0. The summed E-state index contributed by atoms with van der Waals surface area (Å²) >= 11 is 0. The van der Waals surface area contributed by atoms with E-state index in [9.17, 15) is 24.9 Å². The van der Waals surface area contributed by atoms with E-state index in [1.807, 2.05) is 0 Å². The van der Waals surface area contributed by atoms with E-state index in [1.165, 1.54) is 71.1 Å². The summed E-state index contributed by atoms with van der Waals surface area (Å²) in [6, 6.07) is 0. The quantitative estimate of drug-likeness (QED) is 0.0918. The van der Waals surface area contributed by atoms with E-state index in [1.54, 1.807) is 0 Å². The number of esters is 1. The molecule has 0 aromatic carbocycles. The molecule has 0 saturated carbocycles. The van der Waals surface area contributed by atoms with Crippen molar-refractivity contribution in [3.8, 4) is 0 Å². The largest absolute Gasteiger partial charge is 0.481 e. The van der Waals surface area contributed by atoms with Crippen LogP contribution in [0.4, 0.5) is 0 Å². The second kappa shape index (κ2) is 22.4. The molecule has 230 valence electrons. The average Bonchev–Trinajstić information content (AvgIpc) is 2.90. The summed E-state index contributed by atoms with van der Waals surface area (Å²) in [6.45, 7) is 3.24. The van der Waals surface area contributed by atoms with Gasteiger partial charge in [-0.3, -0.25) is 9.59 Å². The van der Waals surface area contributed by atoms with Crippen LogP contribution in [-0.2, 0) is 23.8 Å². The number of aliphatic hydroxyl groups excluding tert-OH is 3. The minimum atomic E-state index is -1.48. The Morgan fingerprint density at radius 1 is 0.718 bits per heavy atom. The maximum atomic E-state index is 11.2. The molecule has 9 heteroatoms. The van der Waals surface area contributed by atoms with Crippen LogP contribution in [0.3, 0.4) is 0 Å². The third kappa shape index (κ3) is 17.2. The van der Waals surface area contributed by atoms with E-state index in [-0.39, 0.29) is 19.1 Å². The molecule has 9 nitrogen and oxygen atoms in total. The van der Waals surface area contributed by atoms with Crippen LogP contribution < -0.4 is 0 Å². The summed E-state index contributed by atoms with van der Waals surface area (Å²) in [7, 11) is 0. The molecule has 4 N–H and O–H groups in total. The second-order valence-corrected chi connectivity index (χ2v) is 11.1. The van der Waals surface area contributed by atoms with Crippen molar-refractivity contribution in [2.24, 2.45) is 0 Å². The summed E-state index contributed by atoms with van der Waals surface area (Å²) in [5, 5.41) is 39.9.